The van der Waals surface area contributed by atoms with Crippen LogP contribution < -0.4 is 4.74 Å². The highest BCUT2D eigenvalue weighted by atomic mass is 16.5. The van der Waals surface area contributed by atoms with E-state index in [4.69, 9.17) is 9.47 Å². The Morgan fingerprint density at radius 3 is 2.34 bits per heavy atom. The number of ether oxygens (including phenoxy) is 2. The van der Waals surface area contributed by atoms with Crippen molar-refractivity contribution >= 4 is 21.8 Å². The van der Waals surface area contributed by atoms with Crippen molar-refractivity contribution in [3.63, 3.8) is 0 Å². The highest BCUT2D eigenvalue weighted by Gasteiger charge is 2.19. The van der Waals surface area contributed by atoms with Gasteiger partial charge in [0.2, 0.25) is 5.88 Å². The van der Waals surface area contributed by atoms with Gasteiger partial charge in [-0.3, -0.25) is 4.98 Å². The highest BCUT2D eigenvalue weighted by Crippen LogP contribution is 2.30. The van der Waals surface area contributed by atoms with Crippen LogP contribution in [0.5, 0.6) is 5.88 Å². The average Bonchev–Trinajstić information content (AvgIpc) is 3.27. The summed E-state index contributed by atoms with van der Waals surface area (Å²) in [5, 5.41) is 2.35. The summed E-state index contributed by atoms with van der Waals surface area (Å²) in [4.78, 5) is 12.1. The molecule has 0 radical (unpaired) electrons. The van der Waals surface area contributed by atoms with E-state index in [0.717, 1.165) is 46.3 Å². The fourth-order valence-corrected chi connectivity index (χ4v) is 3.95. The van der Waals surface area contributed by atoms with Crippen LogP contribution >= 0.6 is 0 Å². The number of benzene rings is 2. The van der Waals surface area contributed by atoms with Crippen molar-refractivity contribution in [3.05, 3.63) is 90.9 Å². The van der Waals surface area contributed by atoms with Gasteiger partial charge in [-0.2, -0.15) is 0 Å². The topological polar surface area (TPSA) is 60.0 Å². The van der Waals surface area contributed by atoms with Crippen molar-refractivity contribution in [2.45, 2.75) is 45.8 Å². The predicted octanol–water partition coefficient (Wildman–Crippen LogP) is 7.57. The second-order valence-corrected chi connectivity index (χ2v) is 8.28. The molecule has 1 saturated carbocycles. The summed E-state index contributed by atoms with van der Waals surface area (Å²) in [6.45, 7) is 4.71. The SMILES string of the molecule is CC.COCc1ccccc1.c1cc2[nH]c3cc(-c4ccc(OC5CCC5)nc4)ccc3c2cn1. The Morgan fingerprint density at radius 1 is 0.857 bits per heavy atom. The van der Waals surface area contributed by atoms with Crippen LogP contribution in [-0.4, -0.2) is 28.2 Å². The van der Waals surface area contributed by atoms with Gasteiger partial charge >= 0.3 is 0 Å². The number of pyridine rings is 2. The number of aromatic amines is 1. The number of hydrogen-bond acceptors (Lipinski definition) is 4. The molecule has 0 atom stereocenters. The van der Waals surface area contributed by atoms with E-state index in [1.54, 1.807) is 7.11 Å². The molecule has 6 rings (SSSR count). The second kappa shape index (κ2) is 12.1. The Hall–Kier alpha value is -3.70. The molecule has 1 N–H and O–H groups in total. The van der Waals surface area contributed by atoms with Gasteiger partial charge in [0.25, 0.3) is 0 Å². The molecule has 3 aromatic heterocycles. The summed E-state index contributed by atoms with van der Waals surface area (Å²) in [7, 11) is 1.70. The van der Waals surface area contributed by atoms with Crippen molar-refractivity contribution in [2.75, 3.05) is 7.11 Å². The van der Waals surface area contributed by atoms with Gasteiger partial charge in [0, 0.05) is 59.1 Å². The number of rotatable bonds is 5. The largest absolute Gasteiger partial charge is 0.474 e. The lowest BCUT2D eigenvalue weighted by Gasteiger charge is -2.25. The van der Waals surface area contributed by atoms with Crippen LogP contribution in [0.25, 0.3) is 32.9 Å². The molecule has 0 amide bonds. The first-order valence-electron chi connectivity index (χ1n) is 12.3. The molecule has 0 saturated heterocycles. The Balaban J connectivity index is 0.000000222. The summed E-state index contributed by atoms with van der Waals surface area (Å²) < 4.78 is 10.8. The molecular formula is C30H33N3O2. The van der Waals surface area contributed by atoms with Crippen molar-refractivity contribution < 1.29 is 9.47 Å². The molecule has 1 fully saturated rings. The summed E-state index contributed by atoms with van der Waals surface area (Å²) >= 11 is 0. The molecule has 1 aliphatic carbocycles. The van der Waals surface area contributed by atoms with E-state index in [1.165, 1.54) is 17.4 Å². The van der Waals surface area contributed by atoms with Gasteiger partial charge in [-0.25, -0.2) is 4.98 Å². The van der Waals surface area contributed by atoms with Crippen molar-refractivity contribution in [3.8, 4) is 17.0 Å². The summed E-state index contributed by atoms with van der Waals surface area (Å²) in [6.07, 6.45) is 9.53. The van der Waals surface area contributed by atoms with Gasteiger partial charge in [0.05, 0.1) is 6.61 Å². The van der Waals surface area contributed by atoms with E-state index in [9.17, 15) is 0 Å². The number of aromatic nitrogens is 3. The lowest BCUT2D eigenvalue weighted by atomic mass is 9.96. The molecule has 1 aliphatic rings. The van der Waals surface area contributed by atoms with Crippen LogP contribution in [0, 0.1) is 0 Å². The van der Waals surface area contributed by atoms with Crippen LogP contribution in [0.2, 0.25) is 0 Å². The zero-order chi connectivity index (χ0) is 24.5. The fraction of sp³-hybridized carbons (Fsp3) is 0.267. The van der Waals surface area contributed by atoms with Crippen LogP contribution in [0.3, 0.4) is 0 Å². The van der Waals surface area contributed by atoms with E-state index < -0.39 is 0 Å². The molecule has 180 valence electrons. The summed E-state index contributed by atoms with van der Waals surface area (Å²) in [5.74, 6) is 0.723. The molecule has 0 bridgehead atoms. The number of nitrogens with zero attached hydrogens (tertiary/aromatic N) is 2. The van der Waals surface area contributed by atoms with Gasteiger partial charge in [-0.15, -0.1) is 0 Å². The molecule has 5 nitrogen and oxygen atoms in total. The Bertz CT molecular complexity index is 1330. The van der Waals surface area contributed by atoms with E-state index in [1.807, 2.05) is 74.9 Å². The van der Waals surface area contributed by atoms with E-state index in [-0.39, 0.29) is 0 Å². The van der Waals surface area contributed by atoms with Crippen LogP contribution in [0.15, 0.2) is 85.3 Å². The maximum absolute atomic E-state index is 5.83. The molecule has 0 unspecified atom stereocenters. The smallest absolute Gasteiger partial charge is 0.213 e. The monoisotopic (exact) mass is 467 g/mol. The molecule has 2 aromatic carbocycles. The molecule has 0 aliphatic heterocycles. The lowest BCUT2D eigenvalue weighted by molar-refractivity contribution is 0.114. The van der Waals surface area contributed by atoms with Crippen molar-refractivity contribution in [1.82, 2.24) is 15.0 Å². The predicted molar refractivity (Wildman–Crippen MR) is 144 cm³/mol. The first-order valence-corrected chi connectivity index (χ1v) is 12.3. The zero-order valence-corrected chi connectivity index (χ0v) is 20.7. The maximum Gasteiger partial charge on any atom is 0.213 e. The minimum atomic E-state index is 0.361. The van der Waals surface area contributed by atoms with Crippen molar-refractivity contribution in [2.24, 2.45) is 0 Å². The van der Waals surface area contributed by atoms with E-state index >= 15 is 0 Å². The minimum Gasteiger partial charge on any atom is -0.474 e. The quantitative estimate of drug-likeness (QED) is 0.290. The third-order valence-corrected chi connectivity index (χ3v) is 5.96. The Labute approximate surface area is 207 Å². The fourth-order valence-electron chi connectivity index (χ4n) is 3.95. The number of fused-ring (bicyclic) bond motifs is 3. The molecule has 0 spiro atoms. The number of hydrogen-bond donors (Lipinski definition) is 1. The number of methoxy groups -OCH3 is 1. The third kappa shape index (κ3) is 6.06. The third-order valence-electron chi connectivity index (χ3n) is 5.96. The minimum absolute atomic E-state index is 0.361. The molecule has 35 heavy (non-hydrogen) atoms. The standard InChI is InChI=1S/C20H17N3O.C8H10O.C2H6/c1-2-15(3-1)24-20-7-5-14(11-22-20)13-4-6-16-17-12-21-9-8-18(17)23-19(16)10-13;1-9-7-8-5-3-2-4-6-8;1-2/h4-12,15,23H,1-3H2;2-6H,7H2,1H3;1-2H3. The summed E-state index contributed by atoms with van der Waals surface area (Å²) in [5.41, 5.74) is 5.68. The lowest BCUT2D eigenvalue weighted by Crippen LogP contribution is -2.24. The molecule has 5 heteroatoms. The van der Waals surface area contributed by atoms with Crippen LogP contribution in [-0.2, 0) is 11.3 Å². The second-order valence-electron chi connectivity index (χ2n) is 8.28. The molecular weight excluding hydrogens is 434 g/mol. The van der Waals surface area contributed by atoms with Gasteiger partial charge < -0.3 is 14.5 Å². The first kappa shape index (κ1) is 24.4. The van der Waals surface area contributed by atoms with E-state index in [2.05, 4.69) is 39.2 Å². The number of nitrogens with one attached hydrogen (secondary N) is 1. The van der Waals surface area contributed by atoms with Crippen LogP contribution in [0.1, 0.15) is 38.7 Å². The van der Waals surface area contributed by atoms with Crippen LogP contribution in [0.4, 0.5) is 0 Å². The molecule has 5 aromatic rings. The van der Waals surface area contributed by atoms with Crippen molar-refractivity contribution in [1.29, 1.82) is 0 Å². The Kier molecular flexibility index (Phi) is 8.47. The van der Waals surface area contributed by atoms with Gasteiger partial charge in [0.15, 0.2) is 0 Å². The van der Waals surface area contributed by atoms with Gasteiger partial charge in [0.1, 0.15) is 6.10 Å². The zero-order valence-electron chi connectivity index (χ0n) is 20.7. The highest BCUT2D eigenvalue weighted by molar-refractivity contribution is 6.07. The van der Waals surface area contributed by atoms with Gasteiger partial charge in [-0.1, -0.05) is 56.3 Å². The molecule has 3 heterocycles. The Morgan fingerprint density at radius 2 is 1.66 bits per heavy atom. The maximum atomic E-state index is 5.83. The summed E-state index contributed by atoms with van der Waals surface area (Å²) in [6, 6.07) is 22.6. The van der Waals surface area contributed by atoms with E-state index in [0.29, 0.717) is 12.7 Å². The number of H-pyrrole nitrogens is 1. The first-order chi connectivity index (χ1) is 17.3. The normalized spacial score (nSPS) is 12.8. The van der Waals surface area contributed by atoms with Gasteiger partial charge in [-0.05, 0) is 48.6 Å². The average molecular weight is 468 g/mol.